The number of hydrogen-bond donors (Lipinski definition) is 1. The number of pyridine rings is 1. The van der Waals surface area contributed by atoms with Crippen LogP contribution in [0.1, 0.15) is 39.0 Å². The molecule has 0 fully saturated rings. The average molecular weight is 452 g/mol. The number of amides is 1. The van der Waals surface area contributed by atoms with Gasteiger partial charge in [-0.05, 0) is 42.7 Å². The molecule has 31 heavy (non-hydrogen) atoms. The highest BCUT2D eigenvalue weighted by Crippen LogP contribution is 2.34. The van der Waals surface area contributed by atoms with Crippen molar-refractivity contribution in [2.45, 2.75) is 33.2 Å². The number of aromatic nitrogens is 1. The van der Waals surface area contributed by atoms with Gasteiger partial charge in [-0.25, -0.2) is 4.98 Å². The van der Waals surface area contributed by atoms with Gasteiger partial charge in [-0.3, -0.25) is 4.79 Å². The third-order valence-corrected chi connectivity index (χ3v) is 5.79. The molecule has 0 atom stereocenters. The summed E-state index contributed by atoms with van der Waals surface area (Å²) in [6.07, 6.45) is -4.52. The maximum atomic E-state index is 12.9. The molecular weight excluding hydrogens is 429 g/mol. The number of halogens is 3. The van der Waals surface area contributed by atoms with Crippen LogP contribution in [0.15, 0.2) is 36.4 Å². The SMILES string of the molecule is CCOCCOCc1cccc(CNC(=O)c2sc3nc(C(F)(F)F)ccc3c2C)c1. The van der Waals surface area contributed by atoms with Gasteiger partial charge < -0.3 is 14.8 Å². The molecule has 1 N–H and O–H groups in total. The summed E-state index contributed by atoms with van der Waals surface area (Å²) in [5.41, 5.74) is 1.53. The lowest BCUT2D eigenvalue weighted by atomic mass is 10.1. The molecule has 0 bridgehead atoms. The van der Waals surface area contributed by atoms with Crippen LogP contribution in [0, 0.1) is 6.92 Å². The van der Waals surface area contributed by atoms with Gasteiger partial charge in [0.2, 0.25) is 0 Å². The normalized spacial score (nSPS) is 11.8. The summed E-state index contributed by atoms with van der Waals surface area (Å²) in [5, 5.41) is 3.38. The number of nitrogens with one attached hydrogen (secondary N) is 1. The van der Waals surface area contributed by atoms with Crippen LogP contribution in [-0.2, 0) is 28.8 Å². The van der Waals surface area contributed by atoms with E-state index in [0.29, 0.717) is 48.8 Å². The number of alkyl halides is 3. The molecule has 0 saturated heterocycles. The number of hydrogen-bond acceptors (Lipinski definition) is 5. The number of nitrogens with zero attached hydrogens (tertiary/aromatic N) is 1. The van der Waals surface area contributed by atoms with Crippen LogP contribution in [0.4, 0.5) is 13.2 Å². The molecule has 2 heterocycles. The van der Waals surface area contributed by atoms with E-state index in [1.165, 1.54) is 6.07 Å². The van der Waals surface area contributed by atoms with Crippen LogP contribution in [-0.4, -0.2) is 30.7 Å². The van der Waals surface area contributed by atoms with E-state index in [2.05, 4.69) is 10.3 Å². The minimum atomic E-state index is -4.52. The van der Waals surface area contributed by atoms with Crippen LogP contribution in [0.25, 0.3) is 10.2 Å². The van der Waals surface area contributed by atoms with Crippen molar-refractivity contribution in [3.05, 3.63) is 63.7 Å². The Hall–Kier alpha value is -2.49. The first kappa shape index (κ1) is 23.2. The molecular formula is C22H23F3N2O3S. The Labute approximate surface area is 182 Å². The van der Waals surface area contributed by atoms with E-state index in [4.69, 9.17) is 9.47 Å². The fourth-order valence-electron chi connectivity index (χ4n) is 3.02. The number of rotatable bonds is 9. The lowest BCUT2D eigenvalue weighted by Crippen LogP contribution is -2.22. The van der Waals surface area contributed by atoms with Crippen molar-refractivity contribution >= 4 is 27.5 Å². The van der Waals surface area contributed by atoms with Crippen LogP contribution in [0.3, 0.4) is 0 Å². The van der Waals surface area contributed by atoms with Gasteiger partial charge in [0.05, 0.1) is 24.7 Å². The molecule has 3 aromatic rings. The molecule has 0 aliphatic carbocycles. The molecule has 2 aromatic heterocycles. The first-order valence-electron chi connectivity index (χ1n) is 9.78. The van der Waals surface area contributed by atoms with Crippen LogP contribution in [0.2, 0.25) is 0 Å². The number of carbonyl (C=O) groups is 1. The molecule has 1 aromatic carbocycles. The predicted octanol–water partition coefficient (Wildman–Crippen LogP) is 5.11. The second kappa shape index (κ2) is 10.2. The lowest BCUT2D eigenvalue weighted by Gasteiger charge is -2.08. The van der Waals surface area contributed by atoms with E-state index in [9.17, 15) is 18.0 Å². The molecule has 0 aliphatic rings. The minimum absolute atomic E-state index is 0.198. The Morgan fingerprint density at radius 1 is 1.13 bits per heavy atom. The standard InChI is InChI=1S/C22H23F3N2O3S/c1-3-29-9-10-30-13-16-6-4-5-15(11-16)12-26-20(28)19-14(2)17-7-8-18(22(23,24)25)27-21(17)31-19/h4-8,11H,3,9-10,12-13H2,1-2H3,(H,26,28). The number of ether oxygens (including phenoxy) is 2. The van der Waals surface area contributed by atoms with Crippen molar-refractivity contribution in [1.29, 1.82) is 0 Å². The number of carbonyl (C=O) groups excluding carboxylic acids is 1. The van der Waals surface area contributed by atoms with Gasteiger partial charge in [0.25, 0.3) is 5.91 Å². The summed E-state index contributed by atoms with van der Waals surface area (Å²) in [6, 6.07) is 9.95. The quantitative estimate of drug-likeness (QED) is 0.459. The van der Waals surface area contributed by atoms with E-state index < -0.39 is 11.9 Å². The van der Waals surface area contributed by atoms with E-state index in [-0.39, 0.29) is 10.7 Å². The van der Waals surface area contributed by atoms with Crippen molar-refractivity contribution in [2.75, 3.05) is 19.8 Å². The predicted molar refractivity (Wildman–Crippen MR) is 113 cm³/mol. The highest BCUT2D eigenvalue weighted by Gasteiger charge is 2.33. The minimum Gasteiger partial charge on any atom is -0.379 e. The summed E-state index contributed by atoms with van der Waals surface area (Å²) in [4.78, 5) is 16.9. The molecule has 0 spiro atoms. The summed E-state index contributed by atoms with van der Waals surface area (Å²) in [6.45, 7) is 6.07. The monoisotopic (exact) mass is 452 g/mol. The average Bonchev–Trinajstić information content (AvgIpc) is 3.08. The highest BCUT2D eigenvalue weighted by atomic mass is 32.1. The molecule has 3 rings (SSSR count). The van der Waals surface area contributed by atoms with Gasteiger partial charge in [-0.2, -0.15) is 13.2 Å². The van der Waals surface area contributed by atoms with E-state index in [0.717, 1.165) is 28.5 Å². The van der Waals surface area contributed by atoms with Gasteiger partial charge in [-0.15, -0.1) is 11.3 Å². The van der Waals surface area contributed by atoms with Crippen molar-refractivity contribution in [1.82, 2.24) is 10.3 Å². The molecule has 0 radical (unpaired) electrons. The van der Waals surface area contributed by atoms with Gasteiger partial charge in [0.1, 0.15) is 10.5 Å². The second-order valence-corrected chi connectivity index (χ2v) is 7.85. The highest BCUT2D eigenvalue weighted by molar-refractivity contribution is 7.20. The fourth-order valence-corrected chi connectivity index (χ4v) is 4.11. The summed E-state index contributed by atoms with van der Waals surface area (Å²) in [5.74, 6) is -0.340. The Balaban J connectivity index is 1.63. The molecule has 9 heteroatoms. The Morgan fingerprint density at radius 2 is 1.87 bits per heavy atom. The fraction of sp³-hybridized carbons (Fsp3) is 0.364. The molecule has 1 amide bonds. The topological polar surface area (TPSA) is 60.5 Å². The first-order chi connectivity index (χ1) is 14.8. The number of benzene rings is 1. The second-order valence-electron chi connectivity index (χ2n) is 6.86. The van der Waals surface area contributed by atoms with Gasteiger partial charge >= 0.3 is 6.18 Å². The van der Waals surface area contributed by atoms with Crippen molar-refractivity contribution in [3.8, 4) is 0 Å². The van der Waals surface area contributed by atoms with E-state index in [1.54, 1.807) is 6.92 Å². The maximum Gasteiger partial charge on any atom is 0.433 e. The summed E-state index contributed by atoms with van der Waals surface area (Å²) < 4.78 is 49.5. The Kier molecular flexibility index (Phi) is 7.64. The van der Waals surface area contributed by atoms with Gasteiger partial charge in [0, 0.05) is 18.5 Å². The van der Waals surface area contributed by atoms with Crippen molar-refractivity contribution < 1.29 is 27.4 Å². The van der Waals surface area contributed by atoms with Gasteiger partial charge in [0.15, 0.2) is 0 Å². The van der Waals surface area contributed by atoms with Gasteiger partial charge in [-0.1, -0.05) is 24.3 Å². The Morgan fingerprint density at radius 3 is 2.61 bits per heavy atom. The van der Waals surface area contributed by atoms with Crippen LogP contribution >= 0.6 is 11.3 Å². The van der Waals surface area contributed by atoms with Crippen LogP contribution in [0.5, 0.6) is 0 Å². The number of thiophene rings is 1. The zero-order valence-electron chi connectivity index (χ0n) is 17.2. The first-order valence-corrected chi connectivity index (χ1v) is 10.6. The zero-order valence-corrected chi connectivity index (χ0v) is 18.0. The maximum absolute atomic E-state index is 12.9. The molecule has 0 unspecified atom stereocenters. The van der Waals surface area contributed by atoms with Crippen molar-refractivity contribution in [2.24, 2.45) is 0 Å². The third-order valence-electron chi connectivity index (χ3n) is 4.59. The number of fused-ring (bicyclic) bond motifs is 1. The smallest absolute Gasteiger partial charge is 0.379 e. The number of aryl methyl sites for hydroxylation is 1. The molecule has 166 valence electrons. The molecule has 5 nitrogen and oxygen atoms in total. The van der Waals surface area contributed by atoms with E-state index in [1.807, 2.05) is 31.2 Å². The molecule has 0 saturated carbocycles. The Bertz CT molecular complexity index is 1050. The summed E-state index contributed by atoms with van der Waals surface area (Å²) >= 11 is 0.963. The summed E-state index contributed by atoms with van der Waals surface area (Å²) in [7, 11) is 0. The largest absolute Gasteiger partial charge is 0.433 e. The molecule has 0 aliphatic heterocycles. The lowest BCUT2D eigenvalue weighted by molar-refractivity contribution is -0.140. The van der Waals surface area contributed by atoms with Crippen molar-refractivity contribution in [3.63, 3.8) is 0 Å². The van der Waals surface area contributed by atoms with E-state index >= 15 is 0 Å². The van der Waals surface area contributed by atoms with Crippen LogP contribution < -0.4 is 5.32 Å². The zero-order chi connectivity index (χ0) is 22.4. The third kappa shape index (κ3) is 6.03.